The van der Waals surface area contributed by atoms with E-state index in [2.05, 4.69) is 37.2 Å². The second-order valence-corrected chi connectivity index (χ2v) is 5.65. The fourth-order valence-corrected chi connectivity index (χ4v) is 3.10. The van der Waals surface area contributed by atoms with E-state index in [9.17, 15) is 0 Å². The Labute approximate surface area is 104 Å². The standard InChI is InChI=1S/C12H16BrN3/c13-9-5-12(7-14-6-9)16-4-3-10-1-2-11(8-16)15-10/h5-7,10-11,15H,1-4,8H2. The number of hydrogen-bond acceptors (Lipinski definition) is 3. The second-order valence-electron chi connectivity index (χ2n) is 4.73. The lowest BCUT2D eigenvalue weighted by Gasteiger charge is -2.26. The number of nitrogens with zero attached hydrogens (tertiary/aromatic N) is 2. The molecule has 2 fully saturated rings. The van der Waals surface area contributed by atoms with Crippen LogP contribution in [0.4, 0.5) is 5.69 Å². The van der Waals surface area contributed by atoms with Gasteiger partial charge in [0.25, 0.3) is 0 Å². The van der Waals surface area contributed by atoms with Crippen LogP contribution in [-0.2, 0) is 0 Å². The molecule has 4 heteroatoms. The van der Waals surface area contributed by atoms with E-state index in [1.807, 2.05) is 12.4 Å². The minimum atomic E-state index is 0.673. The van der Waals surface area contributed by atoms with Crippen molar-refractivity contribution in [1.82, 2.24) is 10.3 Å². The highest BCUT2D eigenvalue weighted by atomic mass is 79.9. The summed E-state index contributed by atoms with van der Waals surface area (Å²) in [4.78, 5) is 6.70. The van der Waals surface area contributed by atoms with Crippen LogP contribution >= 0.6 is 15.9 Å². The van der Waals surface area contributed by atoms with Crippen molar-refractivity contribution < 1.29 is 0 Å². The van der Waals surface area contributed by atoms with E-state index in [1.165, 1.54) is 24.9 Å². The number of aromatic nitrogens is 1. The van der Waals surface area contributed by atoms with Gasteiger partial charge in [0.05, 0.1) is 11.9 Å². The Kier molecular flexibility index (Phi) is 2.86. The molecular formula is C12H16BrN3. The molecule has 0 aliphatic carbocycles. The number of fused-ring (bicyclic) bond motifs is 2. The van der Waals surface area contributed by atoms with E-state index in [1.54, 1.807) is 0 Å². The van der Waals surface area contributed by atoms with Crippen LogP contribution in [0.15, 0.2) is 22.9 Å². The summed E-state index contributed by atoms with van der Waals surface area (Å²) in [6.07, 6.45) is 7.73. The van der Waals surface area contributed by atoms with Gasteiger partial charge in [0, 0.05) is 35.8 Å². The van der Waals surface area contributed by atoms with E-state index >= 15 is 0 Å². The highest BCUT2D eigenvalue weighted by Crippen LogP contribution is 2.25. The average molecular weight is 282 g/mol. The minimum absolute atomic E-state index is 0.673. The van der Waals surface area contributed by atoms with Crippen LogP contribution in [0.1, 0.15) is 19.3 Å². The number of anilines is 1. The molecule has 3 rings (SSSR count). The van der Waals surface area contributed by atoms with Crippen LogP contribution in [0.2, 0.25) is 0 Å². The largest absolute Gasteiger partial charge is 0.369 e. The molecule has 0 radical (unpaired) electrons. The van der Waals surface area contributed by atoms with E-state index < -0.39 is 0 Å². The summed E-state index contributed by atoms with van der Waals surface area (Å²) in [5, 5.41) is 3.69. The van der Waals surface area contributed by atoms with Crippen LogP contribution in [0.3, 0.4) is 0 Å². The highest BCUT2D eigenvalue weighted by Gasteiger charge is 2.29. The van der Waals surface area contributed by atoms with E-state index in [-0.39, 0.29) is 0 Å². The molecule has 2 unspecified atom stereocenters. The molecule has 1 N–H and O–H groups in total. The Balaban J connectivity index is 1.79. The van der Waals surface area contributed by atoms with E-state index in [0.717, 1.165) is 23.6 Å². The Morgan fingerprint density at radius 3 is 3.00 bits per heavy atom. The van der Waals surface area contributed by atoms with Gasteiger partial charge in [-0.1, -0.05) is 0 Å². The van der Waals surface area contributed by atoms with Crippen molar-refractivity contribution in [2.24, 2.45) is 0 Å². The van der Waals surface area contributed by atoms with Gasteiger partial charge in [0.2, 0.25) is 0 Å². The molecule has 1 aromatic rings. The highest BCUT2D eigenvalue weighted by molar-refractivity contribution is 9.10. The zero-order valence-corrected chi connectivity index (χ0v) is 10.8. The molecule has 3 heterocycles. The average Bonchev–Trinajstić information content (AvgIpc) is 2.58. The maximum atomic E-state index is 4.24. The van der Waals surface area contributed by atoms with Gasteiger partial charge in [-0.05, 0) is 41.3 Å². The molecule has 0 saturated carbocycles. The van der Waals surface area contributed by atoms with Gasteiger partial charge in [0.15, 0.2) is 0 Å². The molecule has 2 aliphatic rings. The lowest BCUT2D eigenvalue weighted by atomic mass is 10.1. The Morgan fingerprint density at radius 1 is 1.25 bits per heavy atom. The van der Waals surface area contributed by atoms with Crippen molar-refractivity contribution >= 4 is 21.6 Å². The molecule has 3 nitrogen and oxygen atoms in total. The van der Waals surface area contributed by atoms with Crippen LogP contribution in [-0.4, -0.2) is 30.2 Å². The van der Waals surface area contributed by atoms with Crippen LogP contribution in [0.25, 0.3) is 0 Å². The summed E-state index contributed by atoms with van der Waals surface area (Å²) in [6.45, 7) is 2.26. The topological polar surface area (TPSA) is 28.2 Å². The first-order chi connectivity index (χ1) is 7.81. The van der Waals surface area contributed by atoms with Gasteiger partial charge in [-0.15, -0.1) is 0 Å². The molecule has 0 spiro atoms. The number of pyridine rings is 1. The fourth-order valence-electron chi connectivity index (χ4n) is 2.75. The predicted molar refractivity (Wildman–Crippen MR) is 68.7 cm³/mol. The number of halogens is 1. The molecule has 2 atom stereocenters. The zero-order chi connectivity index (χ0) is 11.0. The van der Waals surface area contributed by atoms with Crippen LogP contribution < -0.4 is 10.2 Å². The second kappa shape index (κ2) is 4.34. The normalized spacial score (nSPS) is 29.2. The van der Waals surface area contributed by atoms with E-state index in [4.69, 9.17) is 0 Å². The summed E-state index contributed by atoms with van der Waals surface area (Å²) < 4.78 is 1.06. The van der Waals surface area contributed by atoms with Crippen molar-refractivity contribution in [1.29, 1.82) is 0 Å². The summed E-state index contributed by atoms with van der Waals surface area (Å²) in [7, 11) is 0. The minimum Gasteiger partial charge on any atom is -0.369 e. The summed E-state index contributed by atoms with van der Waals surface area (Å²) >= 11 is 3.48. The zero-order valence-electron chi connectivity index (χ0n) is 9.19. The van der Waals surface area contributed by atoms with Gasteiger partial charge >= 0.3 is 0 Å². The number of nitrogens with one attached hydrogen (secondary N) is 1. The third kappa shape index (κ3) is 2.09. The third-order valence-electron chi connectivity index (χ3n) is 3.58. The SMILES string of the molecule is Brc1cncc(N2CCC3CCC(C2)N3)c1. The van der Waals surface area contributed by atoms with Crippen molar-refractivity contribution in [3.05, 3.63) is 22.9 Å². The van der Waals surface area contributed by atoms with Crippen LogP contribution in [0, 0.1) is 0 Å². The molecule has 2 saturated heterocycles. The lowest BCUT2D eigenvalue weighted by Crippen LogP contribution is -2.35. The van der Waals surface area contributed by atoms with Crippen molar-refractivity contribution in [2.45, 2.75) is 31.3 Å². The Hall–Kier alpha value is -0.610. The molecule has 0 amide bonds. The van der Waals surface area contributed by atoms with Crippen LogP contribution in [0.5, 0.6) is 0 Å². The van der Waals surface area contributed by atoms with Crippen molar-refractivity contribution in [3.63, 3.8) is 0 Å². The summed E-state index contributed by atoms with van der Waals surface area (Å²) in [6, 6.07) is 3.58. The van der Waals surface area contributed by atoms with Crippen molar-refractivity contribution in [2.75, 3.05) is 18.0 Å². The van der Waals surface area contributed by atoms with Gasteiger partial charge in [0.1, 0.15) is 0 Å². The first-order valence-electron chi connectivity index (χ1n) is 5.93. The molecule has 16 heavy (non-hydrogen) atoms. The summed E-state index contributed by atoms with van der Waals surface area (Å²) in [5.41, 5.74) is 1.24. The quantitative estimate of drug-likeness (QED) is 0.855. The molecule has 86 valence electrons. The lowest BCUT2D eigenvalue weighted by molar-refractivity contribution is 0.563. The maximum absolute atomic E-state index is 4.24. The van der Waals surface area contributed by atoms with E-state index in [0.29, 0.717) is 6.04 Å². The molecule has 2 aliphatic heterocycles. The monoisotopic (exact) mass is 281 g/mol. The molecular weight excluding hydrogens is 266 g/mol. The Bertz CT molecular complexity index is 382. The smallest absolute Gasteiger partial charge is 0.0564 e. The molecule has 0 aromatic carbocycles. The first kappa shape index (κ1) is 10.5. The van der Waals surface area contributed by atoms with Gasteiger partial charge in [-0.2, -0.15) is 0 Å². The Morgan fingerprint density at radius 2 is 2.12 bits per heavy atom. The predicted octanol–water partition coefficient (Wildman–Crippen LogP) is 2.17. The van der Waals surface area contributed by atoms with Gasteiger partial charge in [-0.25, -0.2) is 0 Å². The van der Waals surface area contributed by atoms with Gasteiger partial charge < -0.3 is 10.2 Å². The molecule has 2 bridgehead atoms. The molecule has 1 aromatic heterocycles. The number of rotatable bonds is 1. The maximum Gasteiger partial charge on any atom is 0.0564 e. The van der Waals surface area contributed by atoms with Crippen molar-refractivity contribution in [3.8, 4) is 0 Å². The third-order valence-corrected chi connectivity index (χ3v) is 4.01. The van der Waals surface area contributed by atoms with Gasteiger partial charge in [-0.3, -0.25) is 4.98 Å². The number of hydrogen-bond donors (Lipinski definition) is 1. The summed E-state index contributed by atoms with van der Waals surface area (Å²) in [5.74, 6) is 0. The first-order valence-corrected chi connectivity index (χ1v) is 6.72. The fraction of sp³-hybridized carbons (Fsp3) is 0.583.